The highest BCUT2D eigenvalue weighted by atomic mass is 16.4. The second kappa shape index (κ2) is 7.53. The molecule has 0 spiro atoms. The maximum Gasteiger partial charge on any atom is 0.103 e. The summed E-state index contributed by atoms with van der Waals surface area (Å²) in [6, 6.07) is 0. The highest BCUT2D eigenvalue weighted by molar-refractivity contribution is 4.65. The molecule has 12 heavy (non-hydrogen) atoms. The first-order chi connectivity index (χ1) is 5.72. The fourth-order valence-electron chi connectivity index (χ4n) is 1.09. The molecule has 74 valence electrons. The molecule has 3 N–H and O–H groups in total. The van der Waals surface area contributed by atoms with E-state index in [0.717, 1.165) is 12.8 Å². The average Bonchev–Trinajstić information content (AvgIpc) is 2.10. The highest BCUT2D eigenvalue weighted by Gasteiger charge is 2.13. The van der Waals surface area contributed by atoms with Crippen LogP contribution >= 0.6 is 0 Å². The first-order valence-electron chi connectivity index (χ1n) is 4.69. The molecule has 0 aliphatic rings. The van der Waals surface area contributed by atoms with Gasteiger partial charge in [-0.25, -0.2) is 0 Å². The number of unbranched alkanes of at least 4 members (excludes halogenated alkanes) is 3. The van der Waals surface area contributed by atoms with Gasteiger partial charge in [0.25, 0.3) is 0 Å². The maximum absolute atomic E-state index is 9.21. The third-order valence-corrected chi connectivity index (χ3v) is 1.98. The molecule has 0 unspecified atom stereocenters. The van der Waals surface area contributed by atoms with Gasteiger partial charge in [-0.3, -0.25) is 0 Å². The number of rotatable bonds is 7. The molecule has 0 rings (SSSR count). The zero-order chi connectivity index (χ0) is 9.40. The van der Waals surface area contributed by atoms with Gasteiger partial charge in [0.15, 0.2) is 0 Å². The summed E-state index contributed by atoms with van der Waals surface area (Å²) in [6.45, 7) is 1.77. The first-order valence-corrected chi connectivity index (χ1v) is 4.69. The molecule has 0 saturated carbocycles. The number of aliphatic hydroxyl groups is 3. The Morgan fingerprint density at radius 2 is 1.67 bits per heavy atom. The summed E-state index contributed by atoms with van der Waals surface area (Å²) in [7, 11) is 0. The molecule has 0 heterocycles. The quantitative estimate of drug-likeness (QED) is 0.500. The van der Waals surface area contributed by atoms with Crippen LogP contribution in [0, 0.1) is 0 Å². The van der Waals surface area contributed by atoms with Crippen LogP contribution < -0.4 is 0 Å². The van der Waals surface area contributed by atoms with E-state index < -0.39 is 12.2 Å². The predicted octanol–water partition coefficient (Wildman–Crippen LogP) is 0.671. The fourth-order valence-corrected chi connectivity index (χ4v) is 1.09. The number of aliphatic hydroxyl groups excluding tert-OH is 3. The molecule has 0 amide bonds. The van der Waals surface area contributed by atoms with Crippen molar-refractivity contribution in [2.24, 2.45) is 0 Å². The highest BCUT2D eigenvalue weighted by Crippen LogP contribution is 2.07. The minimum Gasteiger partial charge on any atom is -0.394 e. The summed E-state index contributed by atoms with van der Waals surface area (Å²) in [6.07, 6.45) is 3.21. The van der Waals surface area contributed by atoms with E-state index in [4.69, 9.17) is 10.2 Å². The van der Waals surface area contributed by atoms with Gasteiger partial charge in [-0.2, -0.15) is 0 Å². The smallest absolute Gasteiger partial charge is 0.103 e. The van der Waals surface area contributed by atoms with Gasteiger partial charge in [-0.05, 0) is 6.42 Å². The van der Waals surface area contributed by atoms with Crippen LogP contribution in [-0.4, -0.2) is 34.1 Å². The summed E-state index contributed by atoms with van der Waals surface area (Å²) in [5.74, 6) is 0. The van der Waals surface area contributed by atoms with Gasteiger partial charge in [0.2, 0.25) is 0 Å². The molecule has 2 atom stereocenters. The Balaban J connectivity index is 3.24. The Bertz CT molecular complexity index is 95.8. The van der Waals surface area contributed by atoms with E-state index in [1.54, 1.807) is 0 Å². The molecule has 0 aliphatic heterocycles. The summed E-state index contributed by atoms with van der Waals surface area (Å²) in [5, 5.41) is 26.7. The largest absolute Gasteiger partial charge is 0.394 e. The van der Waals surface area contributed by atoms with Crippen LogP contribution in [0.3, 0.4) is 0 Å². The average molecular weight is 176 g/mol. The van der Waals surface area contributed by atoms with Gasteiger partial charge in [-0.1, -0.05) is 32.6 Å². The second-order valence-electron chi connectivity index (χ2n) is 3.17. The standard InChI is InChI=1S/C9H20O3/c1-2-3-4-5-6-8(11)9(12)7-10/h8-12H,2-7H2,1H3/t8-,9-/m0/s1. The summed E-state index contributed by atoms with van der Waals surface area (Å²) in [4.78, 5) is 0. The van der Waals surface area contributed by atoms with E-state index >= 15 is 0 Å². The third kappa shape index (κ3) is 5.52. The molecule has 0 aromatic carbocycles. The lowest BCUT2D eigenvalue weighted by molar-refractivity contribution is -0.0185. The van der Waals surface area contributed by atoms with Crippen LogP contribution in [-0.2, 0) is 0 Å². The lowest BCUT2D eigenvalue weighted by Gasteiger charge is -2.14. The SMILES string of the molecule is CCCCCC[C@H](O)[C@@H](O)CO. The molecule has 0 bridgehead atoms. The molecular formula is C9H20O3. The molecular weight excluding hydrogens is 156 g/mol. The van der Waals surface area contributed by atoms with Gasteiger partial charge < -0.3 is 15.3 Å². The maximum atomic E-state index is 9.21. The molecule has 0 aromatic heterocycles. The summed E-state index contributed by atoms with van der Waals surface area (Å²) < 4.78 is 0. The molecule has 0 aliphatic carbocycles. The topological polar surface area (TPSA) is 60.7 Å². The molecule has 3 heteroatoms. The molecule has 0 radical (unpaired) electrons. The van der Waals surface area contributed by atoms with Crippen molar-refractivity contribution in [3.8, 4) is 0 Å². The molecule has 0 aromatic rings. The number of hydrogen-bond donors (Lipinski definition) is 3. The first kappa shape index (κ1) is 11.9. The Hall–Kier alpha value is -0.120. The van der Waals surface area contributed by atoms with Crippen molar-refractivity contribution in [3.63, 3.8) is 0 Å². The van der Waals surface area contributed by atoms with Gasteiger partial charge in [0.1, 0.15) is 6.10 Å². The van der Waals surface area contributed by atoms with Gasteiger partial charge in [0, 0.05) is 0 Å². The van der Waals surface area contributed by atoms with Crippen LogP contribution in [0.4, 0.5) is 0 Å². The minimum atomic E-state index is -0.966. The second-order valence-corrected chi connectivity index (χ2v) is 3.17. The van der Waals surface area contributed by atoms with Gasteiger partial charge in [0.05, 0.1) is 12.7 Å². The van der Waals surface area contributed by atoms with E-state index in [1.807, 2.05) is 0 Å². The van der Waals surface area contributed by atoms with Crippen molar-refractivity contribution in [1.29, 1.82) is 0 Å². The Morgan fingerprint density at radius 1 is 1.00 bits per heavy atom. The molecule has 0 saturated heterocycles. The molecule has 0 fully saturated rings. The van der Waals surface area contributed by atoms with Crippen LogP contribution in [0.2, 0.25) is 0 Å². The minimum absolute atomic E-state index is 0.352. The molecule has 3 nitrogen and oxygen atoms in total. The Labute approximate surface area is 74.0 Å². The van der Waals surface area contributed by atoms with Gasteiger partial charge >= 0.3 is 0 Å². The van der Waals surface area contributed by atoms with Crippen molar-refractivity contribution < 1.29 is 15.3 Å². The van der Waals surface area contributed by atoms with E-state index in [0.29, 0.717) is 6.42 Å². The van der Waals surface area contributed by atoms with Crippen LogP contribution in [0.15, 0.2) is 0 Å². The third-order valence-electron chi connectivity index (χ3n) is 1.98. The Morgan fingerprint density at radius 3 is 2.17 bits per heavy atom. The van der Waals surface area contributed by atoms with Crippen LogP contribution in [0.1, 0.15) is 39.0 Å². The zero-order valence-electron chi connectivity index (χ0n) is 7.74. The van der Waals surface area contributed by atoms with Crippen molar-refractivity contribution in [3.05, 3.63) is 0 Å². The van der Waals surface area contributed by atoms with Crippen molar-refractivity contribution in [2.45, 2.75) is 51.2 Å². The van der Waals surface area contributed by atoms with E-state index in [-0.39, 0.29) is 6.61 Å². The van der Waals surface area contributed by atoms with Gasteiger partial charge in [-0.15, -0.1) is 0 Å². The van der Waals surface area contributed by atoms with Crippen molar-refractivity contribution in [1.82, 2.24) is 0 Å². The summed E-state index contributed by atoms with van der Waals surface area (Å²) in [5.41, 5.74) is 0. The lowest BCUT2D eigenvalue weighted by atomic mass is 10.1. The zero-order valence-corrected chi connectivity index (χ0v) is 7.74. The van der Waals surface area contributed by atoms with E-state index in [2.05, 4.69) is 6.92 Å². The normalized spacial score (nSPS) is 16.0. The van der Waals surface area contributed by atoms with Crippen molar-refractivity contribution in [2.75, 3.05) is 6.61 Å². The number of hydrogen-bond acceptors (Lipinski definition) is 3. The monoisotopic (exact) mass is 176 g/mol. The van der Waals surface area contributed by atoms with Crippen molar-refractivity contribution >= 4 is 0 Å². The van der Waals surface area contributed by atoms with E-state index in [9.17, 15) is 5.11 Å². The fraction of sp³-hybridized carbons (Fsp3) is 1.00. The van der Waals surface area contributed by atoms with Crippen LogP contribution in [0.5, 0.6) is 0 Å². The predicted molar refractivity (Wildman–Crippen MR) is 47.9 cm³/mol. The lowest BCUT2D eigenvalue weighted by Crippen LogP contribution is -2.28. The summed E-state index contributed by atoms with van der Waals surface area (Å²) >= 11 is 0. The van der Waals surface area contributed by atoms with Crippen LogP contribution in [0.25, 0.3) is 0 Å². The Kier molecular flexibility index (Phi) is 7.45. The van der Waals surface area contributed by atoms with E-state index in [1.165, 1.54) is 12.8 Å².